The Hall–Kier alpha value is -0.810. The maximum atomic E-state index is 12.5. The molecule has 9 nitrogen and oxygen atoms in total. The molecule has 9 heteroatoms. The molecule has 0 aromatic rings. The Balaban J connectivity index is 1.20. The molecule has 44 heavy (non-hydrogen) atoms. The van der Waals surface area contributed by atoms with E-state index in [0.717, 1.165) is 38.5 Å². The van der Waals surface area contributed by atoms with Crippen molar-refractivity contribution in [3.8, 4) is 0 Å². The zero-order valence-corrected chi connectivity index (χ0v) is 27.5. The van der Waals surface area contributed by atoms with Crippen molar-refractivity contribution in [3.63, 3.8) is 0 Å². The van der Waals surface area contributed by atoms with E-state index in [1.165, 1.54) is 12.8 Å². The number of carboxylic acids is 1. The number of fused-ring (bicyclic) bond motifs is 4. The number of hydrogen-bond donors (Lipinski definition) is 4. The minimum Gasteiger partial charge on any atom is -0.481 e. The van der Waals surface area contributed by atoms with Gasteiger partial charge in [0.15, 0.2) is 12.6 Å². The maximum Gasteiger partial charge on any atom is 0.303 e. The first-order valence-corrected chi connectivity index (χ1v) is 17.5. The van der Waals surface area contributed by atoms with Gasteiger partial charge in [0.25, 0.3) is 0 Å². The predicted octanol–water partition coefficient (Wildman–Crippen LogP) is 4.35. The topological polar surface area (TPSA) is 135 Å². The minimum atomic E-state index is -1.34. The number of ether oxygens (including phenoxy) is 4. The molecule has 0 unspecified atom stereocenters. The molecule has 0 bridgehead atoms. The fourth-order valence-corrected chi connectivity index (χ4v) is 13.6. The molecule has 0 aromatic heterocycles. The Morgan fingerprint density at radius 1 is 0.977 bits per heavy atom. The molecule has 2 spiro atoms. The number of hydrogen-bond acceptors (Lipinski definition) is 8. The molecule has 7 rings (SSSR count). The van der Waals surface area contributed by atoms with Crippen molar-refractivity contribution in [2.45, 2.75) is 142 Å². The van der Waals surface area contributed by atoms with E-state index in [9.17, 15) is 25.2 Å². The Bertz CT molecular complexity index is 1150. The Kier molecular flexibility index (Phi) is 7.47. The SMILES string of the molecule is CCO[C@H]1C[C@@H](C)[C@H]2[C@H](C[C@@]3(C)[C@@H]4C[C@H](CC(=O)O)[C@H]5C(C)(C)[C@@H](O[C@@H]6OC[C@@H](O)[C@H](O)[C@H]6O)CC[C@@]56C[C@@]46CC[C@]23C)O1. The molecule has 5 aliphatic carbocycles. The molecule has 7 aliphatic rings. The van der Waals surface area contributed by atoms with Gasteiger partial charge in [0, 0.05) is 19.4 Å². The second kappa shape index (κ2) is 10.3. The van der Waals surface area contributed by atoms with Crippen LogP contribution in [0.1, 0.15) is 99.3 Å². The van der Waals surface area contributed by atoms with E-state index in [2.05, 4.69) is 34.6 Å². The lowest BCUT2D eigenvalue weighted by Gasteiger charge is -2.65. The number of carboxylic acid groups (broad SMARTS) is 1. The zero-order chi connectivity index (χ0) is 31.6. The van der Waals surface area contributed by atoms with Gasteiger partial charge >= 0.3 is 5.97 Å². The molecule has 2 saturated heterocycles. The van der Waals surface area contributed by atoms with Gasteiger partial charge in [-0.25, -0.2) is 0 Å². The van der Waals surface area contributed by atoms with Crippen LogP contribution in [0.15, 0.2) is 0 Å². The van der Waals surface area contributed by atoms with Crippen LogP contribution in [-0.4, -0.2) is 82.7 Å². The highest BCUT2D eigenvalue weighted by Gasteiger charge is 2.84. The highest BCUT2D eigenvalue weighted by Crippen LogP contribution is 2.90. The molecule has 16 atom stereocenters. The standard InChI is InChI=1S/C35H56O9/c1-7-41-25-12-18(2)26-21(43-25)15-33(6)22-13-19(14-24(37)38)29-31(3,4)23(44-30-28(40)27(39)20(36)16-42-30)8-9-35(29)17-34(22,35)11-10-32(26,33)5/h18-23,25-30,36,39-40H,7-17H2,1-6H3,(H,37,38)/t18-,19-,20-,21+,22+,23+,25-,26+,27+,28-,29+,30+,32-,33+,34+,35-/m1/s1. The number of aliphatic hydroxyl groups excluding tert-OH is 3. The van der Waals surface area contributed by atoms with E-state index in [-0.39, 0.29) is 70.4 Å². The van der Waals surface area contributed by atoms with E-state index < -0.39 is 30.6 Å². The summed E-state index contributed by atoms with van der Waals surface area (Å²) in [5.74, 6) is 0.925. The Morgan fingerprint density at radius 3 is 2.43 bits per heavy atom. The summed E-state index contributed by atoms with van der Waals surface area (Å²) in [6, 6.07) is 0. The third-order valence-electron chi connectivity index (χ3n) is 15.2. The van der Waals surface area contributed by atoms with Crippen LogP contribution in [0.5, 0.6) is 0 Å². The third kappa shape index (κ3) is 4.11. The quantitative estimate of drug-likeness (QED) is 0.320. The molecule has 250 valence electrons. The summed E-state index contributed by atoms with van der Waals surface area (Å²) in [5.41, 5.74) is 0.143. The van der Waals surface area contributed by atoms with Crippen LogP contribution >= 0.6 is 0 Å². The monoisotopic (exact) mass is 620 g/mol. The van der Waals surface area contributed by atoms with Crippen LogP contribution in [0, 0.1) is 56.7 Å². The first-order chi connectivity index (χ1) is 20.6. The summed E-state index contributed by atoms with van der Waals surface area (Å²) >= 11 is 0. The second-order valence-electron chi connectivity index (χ2n) is 17.2. The molecule has 0 aromatic carbocycles. The van der Waals surface area contributed by atoms with Gasteiger partial charge in [0.05, 0.1) is 18.8 Å². The van der Waals surface area contributed by atoms with Crippen molar-refractivity contribution in [3.05, 3.63) is 0 Å². The highest BCUT2D eigenvalue weighted by atomic mass is 16.7. The fraction of sp³-hybridized carbons (Fsp3) is 0.971. The number of aliphatic carboxylic acids is 1. The van der Waals surface area contributed by atoms with E-state index in [0.29, 0.717) is 24.4 Å². The zero-order valence-electron chi connectivity index (χ0n) is 27.5. The predicted molar refractivity (Wildman–Crippen MR) is 160 cm³/mol. The van der Waals surface area contributed by atoms with E-state index >= 15 is 0 Å². The van der Waals surface area contributed by atoms with Crippen LogP contribution < -0.4 is 0 Å². The number of rotatable bonds is 6. The minimum absolute atomic E-state index is 0.0236. The van der Waals surface area contributed by atoms with Crippen molar-refractivity contribution < 1.29 is 44.2 Å². The van der Waals surface area contributed by atoms with Crippen LogP contribution in [0.3, 0.4) is 0 Å². The molecular weight excluding hydrogens is 564 g/mol. The van der Waals surface area contributed by atoms with Crippen molar-refractivity contribution >= 4 is 5.97 Å². The second-order valence-corrected chi connectivity index (χ2v) is 17.2. The van der Waals surface area contributed by atoms with E-state index in [1.54, 1.807) is 0 Å². The van der Waals surface area contributed by atoms with Crippen LogP contribution in [0.25, 0.3) is 0 Å². The smallest absolute Gasteiger partial charge is 0.303 e. The van der Waals surface area contributed by atoms with Crippen LogP contribution in [-0.2, 0) is 23.7 Å². The molecular formula is C35H56O9. The van der Waals surface area contributed by atoms with Gasteiger partial charge < -0.3 is 39.4 Å². The molecule has 0 amide bonds. The Labute approximate surface area is 262 Å². The van der Waals surface area contributed by atoms with E-state index in [1.807, 2.05) is 6.92 Å². The maximum absolute atomic E-state index is 12.5. The van der Waals surface area contributed by atoms with Gasteiger partial charge in [-0.3, -0.25) is 4.79 Å². The van der Waals surface area contributed by atoms with Crippen molar-refractivity contribution in [2.75, 3.05) is 13.2 Å². The molecule has 0 radical (unpaired) electrons. The number of carbonyl (C=O) groups is 1. The largest absolute Gasteiger partial charge is 0.481 e. The van der Waals surface area contributed by atoms with Crippen LogP contribution in [0.4, 0.5) is 0 Å². The number of aliphatic hydroxyl groups is 3. The summed E-state index contributed by atoms with van der Waals surface area (Å²) in [7, 11) is 0. The van der Waals surface area contributed by atoms with E-state index in [4.69, 9.17) is 18.9 Å². The van der Waals surface area contributed by atoms with Crippen molar-refractivity contribution in [1.29, 1.82) is 0 Å². The summed E-state index contributed by atoms with van der Waals surface area (Å²) in [5, 5.41) is 41.2. The third-order valence-corrected chi connectivity index (χ3v) is 15.2. The first kappa shape index (κ1) is 31.8. The molecule has 2 heterocycles. The average Bonchev–Trinajstić information content (AvgIpc) is 3.52. The summed E-state index contributed by atoms with van der Waals surface area (Å²) in [6.07, 6.45) is 3.33. The van der Waals surface area contributed by atoms with Gasteiger partial charge in [-0.15, -0.1) is 0 Å². The average molecular weight is 621 g/mol. The van der Waals surface area contributed by atoms with Gasteiger partial charge in [0.1, 0.15) is 18.3 Å². The summed E-state index contributed by atoms with van der Waals surface area (Å²) < 4.78 is 24.8. The fourth-order valence-electron chi connectivity index (χ4n) is 13.6. The molecule has 5 saturated carbocycles. The van der Waals surface area contributed by atoms with Gasteiger partial charge in [0.2, 0.25) is 0 Å². The van der Waals surface area contributed by atoms with Gasteiger partial charge in [-0.05, 0) is 109 Å². The van der Waals surface area contributed by atoms with Gasteiger partial charge in [-0.1, -0.05) is 34.6 Å². The normalized spacial score (nSPS) is 57.3. The lowest BCUT2D eigenvalue weighted by molar-refractivity contribution is -0.305. The lowest BCUT2D eigenvalue weighted by Crippen LogP contribution is -2.62. The first-order valence-electron chi connectivity index (χ1n) is 17.5. The lowest BCUT2D eigenvalue weighted by atomic mass is 9.40. The molecule has 2 aliphatic heterocycles. The molecule has 4 N–H and O–H groups in total. The summed E-state index contributed by atoms with van der Waals surface area (Å²) in [6.45, 7) is 14.5. The van der Waals surface area contributed by atoms with Crippen molar-refractivity contribution in [1.82, 2.24) is 0 Å². The summed E-state index contributed by atoms with van der Waals surface area (Å²) in [4.78, 5) is 12.5. The van der Waals surface area contributed by atoms with Gasteiger partial charge in [-0.2, -0.15) is 0 Å². The van der Waals surface area contributed by atoms with Crippen LogP contribution in [0.2, 0.25) is 0 Å². The highest BCUT2D eigenvalue weighted by molar-refractivity contribution is 5.67. The molecule has 7 fully saturated rings. The Morgan fingerprint density at radius 2 is 1.73 bits per heavy atom. The van der Waals surface area contributed by atoms with Crippen molar-refractivity contribution in [2.24, 2.45) is 56.7 Å².